The van der Waals surface area contributed by atoms with Gasteiger partial charge in [0.25, 0.3) is 0 Å². The van der Waals surface area contributed by atoms with Gasteiger partial charge in [-0.1, -0.05) is 30.3 Å². The Bertz CT molecular complexity index is 920. The number of aliphatic imine (C=N–C) groups is 1. The quantitative estimate of drug-likeness (QED) is 0.488. The number of aryl methyl sites for hydroxylation is 1. The summed E-state index contributed by atoms with van der Waals surface area (Å²) in [5, 5.41) is 14.9. The largest absolute Gasteiger partial charge is 0.496 e. The molecule has 0 radical (unpaired) electrons. The minimum absolute atomic E-state index is 0.506. The SMILES string of the molecule is CCNC(=NCc1ccc(C)cc1OC)NCc1nncn1-c1ccccc1. The summed E-state index contributed by atoms with van der Waals surface area (Å²) in [6.45, 7) is 5.87. The highest BCUT2D eigenvalue weighted by molar-refractivity contribution is 5.79. The maximum absolute atomic E-state index is 5.47. The topological polar surface area (TPSA) is 76.4 Å². The fourth-order valence-electron chi connectivity index (χ4n) is 2.83. The smallest absolute Gasteiger partial charge is 0.191 e. The van der Waals surface area contributed by atoms with Gasteiger partial charge in [0.05, 0.1) is 20.2 Å². The van der Waals surface area contributed by atoms with Crippen molar-refractivity contribution in [1.82, 2.24) is 25.4 Å². The highest BCUT2D eigenvalue weighted by Crippen LogP contribution is 2.20. The summed E-state index contributed by atoms with van der Waals surface area (Å²) in [7, 11) is 1.68. The molecule has 1 heterocycles. The average molecular weight is 378 g/mol. The Hall–Kier alpha value is -3.35. The maximum atomic E-state index is 5.47. The van der Waals surface area contributed by atoms with Crippen LogP contribution in [0.5, 0.6) is 5.75 Å². The lowest BCUT2D eigenvalue weighted by Crippen LogP contribution is -2.37. The number of methoxy groups -OCH3 is 1. The Morgan fingerprint density at radius 2 is 1.96 bits per heavy atom. The van der Waals surface area contributed by atoms with Crippen molar-refractivity contribution in [3.05, 3.63) is 71.8 Å². The van der Waals surface area contributed by atoms with E-state index in [9.17, 15) is 0 Å². The molecule has 2 aromatic carbocycles. The predicted molar refractivity (Wildman–Crippen MR) is 111 cm³/mol. The van der Waals surface area contributed by atoms with Crippen molar-refractivity contribution in [1.29, 1.82) is 0 Å². The molecule has 1 aromatic heterocycles. The number of ether oxygens (including phenoxy) is 1. The van der Waals surface area contributed by atoms with Gasteiger partial charge in [0.1, 0.15) is 12.1 Å². The molecule has 0 fully saturated rings. The van der Waals surface area contributed by atoms with E-state index in [4.69, 9.17) is 4.74 Å². The lowest BCUT2D eigenvalue weighted by Gasteiger charge is -2.13. The molecule has 3 aromatic rings. The summed E-state index contributed by atoms with van der Waals surface area (Å²) in [4.78, 5) is 4.68. The molecule has 0 bridgehead atoms. The van der Waals surface area contributed by atoms with Gasteiger partial charge in [-0.25, -0.2) is 4.99 Å². The average Bonchev–Trinajstić information content (AvgIpc) is 3.20. The number of nitrogens with one attached hydrogen (secondary N) is 2. The van der Waals surface area contributed by atoms with E-state index in [1.165, 1.54) is 0 Å². The van der Waals surface area contributed by atoms with Crippen molar-refractivity contribution >= 4 is 5.96 Å². The molecule has 0 aliphatic rings. The highest BCUT2D eigenvalue weighted by Gasteiger charge is 2.08. The molecule has 0 aliphatic carbocycles. The normalized spacial score (nSPS) is 11.3. The molecule has 7 heteroatoms. The Labute approximate surface area is 165 Å². The number of para-hydroxylation sites is 1. The lowest BCUT2D eigenvalue weighted by atomic mass is 10.1. The standard InChI is InChI=1S/C21H26N6O/c1-4-22-21(23-13-17-11-10-16(2)12-19(17)28-3)24-14-20-26-25-15-27(20)18-8-6-5-7-9-18/h5-12,15H,4,13-14H2,1-3H3,(H2,22,23,24). The minimum atomic E-state index is 0.506. The van der Waals surface area contributed by atoms with E-state index in [1.807, 2.05) is 60.9 Å². The van der Waals surface area contributed by atoms with Gasteiger partial charge >= 0.3 is 0 Å². The van der Waals surface area contributed by atoms with E-state index in [0.717, 1.165) is 34.9 Å². The zero-order valence-electron chi connectivity index (χ0n) is 16.5. The maximum Gasteiger partial charge on any atom is 0.191 e. The van der Waals surface area contributed by atoms with Gasteiger partial charge in [0.15, 0.2) is 11.8 Å². The van der Waals surface area contributed by atoms with E-state index >= 15 is 0 Å². The molecule has 7 nitrogen and oxygen atoms in total. The summed E-state index contributed by atoms with van der Waals surface area (Å²) in [6.07, 6.45) is 1.72. The van der Waals surface area contributed by atoms with E-state index in [0.29, 0.717) is 19.0 Å². The minimum Gasteiger partial charge on any atom is -0.496 e. The van der Waals surface area contributed by atoms with Crippen LogP contribution in [0.2, 0.25) is 0 Å². The van der Waals surface area contributed by atoms with E-state index < -0.39 is 0 Å². The van der Waals surface area contributed by atoms with Gasteiger partial charge < -0.3 is 15.4 Å². The molecule has 0 unspecified atom stereocenters. The van der Waals surface area contributed by atoms with Crippen molar-refractivity contribution in [2.45, 2.75) is 26.9 Å². The van der Waals surface area contributed by atoms with Gasteiger partial charge in [0.2, 0.25) is 0 Å². The number of aromatic nitrogens is 3. The van der Waals surface area contributed by atoms with Gasteiger partial charge in [0, 0.05) is 17.8 Å². The number of hydrogen-bond donors (Lipinski definition) is 2. The first-order valence-electron chi connectivity index (χ1n) is 9.31. The zero-order chi connectivity index (χ0) is 19.8. The molecular weight excluding hydrogens is 352 g/mol. The van der Waals surface area contributed by atoms with Crippen LogP contribution in [0.1, 0.15) is 23.9 Å². The van der Waals surface area contributed by atoms with Crippen LogP contribution in [-0.4, -0.2) is 34.4 Å². The van der Waals surface area contributed by atoms with Gasteiger partial charge in [-0.05, 0) is 37.6 Å². The predicted octanol–water partition coefficient (Wildman–Crippen LogP) is 2.84. The van der Waals surface area contributed by atoms with Crippen LogP contribution in [0, 0.1) is 6.92 Å². The first-order chi connectivity index (χ1) is 13.7. The molecular formula is C21H26N6O. The van der Waals surface area contributed by atoms with Crippen LogP contribution in [0.25, 0.3) is 5.69 Å². The van der Waals surface area contributed by atoms with Crippen LogP contribution in [0.15, 0.2) is 59.9 Å². The van der Waals surface area contributed by atoms with E-state index in [2.05, 4.69) is 31.9 Å². The second-order valence-corrected chi connectivity index (χ2v) is 6.32. The second kappa shape index (κ2) is 9.55. The van der Waals surface area contributed by atoms with Crippen LogP contribution in [0.3, 0.4) is 0 Å². The zero-order valence-corrected chi connectivity index (χ0v) is 16.5. The molecule has 0 saturated heterocycles. The van der Waals surface area contributed by atoms with Crippen molar-refractivity contribution in [2.24, 2.45) is 4.99 Å². The molecule has 146 valence electrons. The first kappa shape index (κ1) is 19.4. The molecule has 0 saturated carbocycles. The molecule has 3 rings (SSSR count). The first-order valence-corrected chi connectivity index (χ1v) is 9.31. The van der Waals surface area contributed by atoms with Gasteiger partial charge in [-0.3, -0.25) is 4.57 Å². The summed E-state index contributed by atoms with van der Waals surface area (Å²) >= 11 is 0. The third kappa shape index (κ3) is 4.88. The lowest BCUT2D eigenvalue weighted by molar-refractivity contribution is 0.409. The fraction of sp³-hybridized carbons (Fsp3) is 0.286. The Balaban J connectivity index is 1.71. The Morgan fingerprint density at radius 3 is 2.71 bits per heavy atom. The second-order valence-electron chi connectivity index (χ2n) is 6.32. The number of nitrogens with zero attached hydrogens (tertiary/aromatic N) is 4. The van der Waals surface area contributed by atoms with Gasteiger partial charge in [-0.2, -0.15) is 0 Å². The van der Waals surface area contributed by atoms with Crippen molar-refractivity contribution in [3.8, 4) is 11.4 Å². The van der Waals surface area contributed by atoms with E-state index in [1.54, 1.807) is 13.4 Å². The number of benzene rings is 2. The summed E-state index contributed by atoms with van der Waals surface area (Å²) in [5.74, 6) is 2.38. The molecule has 2 N–H and O–H groups in total. The molecule has 0 amide bonds. The fourth-order valence-corrected chi connectivity index (χ4v) is 2.83. The van der Waals surface area contributed by atoms with Crippen molar-refractivity contribution in [2.75, 3.05) is 13.7 Å². The third-order valence-corrected chi connectivity index (χ3v) is 4.26. The highest BCUT2D eigenvalue weighted by atomic mass is 16.5. The van der Waals surface area contributed by atoms with Crippen LogP contribution < -0.4 is 15.4 Å². The molecule has 28 heavy (non-hydrogen) atoms. The molecule has 0 aliphatic heterocycles. The Kier molecular flexibility index (Phi) is 6.62. The third-order valence-electron chi connectivity index (χ3n) is 4.26. The van der Waals surface area contributed by atoms with Crippen molar-refractivity contribution < 1.29 is 4.74 Å². The summed E-state index contributed by atoms with van der Waals surface area (Å²) < 4.78 is 7.43. The Morgan fingerprint density at radius 1 is 1.14 bits per heavy atom. The number of guanidine groups is 1. The van der Waals surface area contributed by atoms with E-state index in [-0.39, 0.29) is 0 Å². The molecule has 0 spiro atoms. The van der Waals surface area contributed by atoms with Crippen LogP contribution in [0.4, 0.5) is 0 Å². The monoisotopic (exact) mass is 378 g/mol. The van der Waals surface area contributed by atoms with Crippen LogP contribution >= 0.6 is 0 Å². The number of rotatable bonds is 7. The van der Waals surface area contributed by atoms with Crippen LogP contribution in [-0.2, 0) is 13.1 Å². The summed E-state index contributed by atoms with van der Waals surface area (Å²) in [6, 6.07) is 16.2. The number of hydrogen-bond acceptors (Lipinski definition) is 4. The molecule has 0 atom stereocenters. The van der Waals surface area contributed by atoms with Gasteiger partial charge in [-0.15, -0.1) is 10.2 Å². The van der Waals surface area contributed by atoms with Crippen molar-refractivity contribution in [3.63, 3.8) is 0 Å². The summed E-state index contributed by atoms with van der Waals surface area (Å²) in [5.41, 5.74) is 3.23.